The standard InChI is InChI=1S/C24H49IO2/c1-8-11-26-18-27-12-9-10-19(2)13-20(3)14-21(4)15-22(5)16-23(6)17-24(7)25/h19-24H,8-18H2,1-7H3. The van der Waals surface area contributed by atoms with Crippen LogP contribution in [0.5, 0.6) is 0 Å². The van der Waals surface area contributed by atoms with E-state index in [0.717, 1.165) is 59.6 Å². The van der Waals surface area contributed by atoms with Crippen LogP contribution in [0.15, 0.2) is 0 Å². The lowest BCUT2D eigenvalue weighted by molar-refractivity contribution is -0.0549. The lowest BCUT2D eigenvalue weighted by atomic mass is 9.82. The summed E-state index contributed by atoms with van der Waals surface area (Å²) in [6.45, 7) is 18.8. The zero-order valence-electron chi connectivity index (χ0n) is 19.4. The summed E-state index contributed by atoms with van der Waals surface area (Å²) >= 11 is 2.56. The molecule has 0 heterocycles. The number of alkyl halides is 1. The summed E-state index contributed by atoms with van der Waals surface area (Å²) in [7, 11) is 0. The van der Waals surface area contributed by atoms with Gasteiger partial charge in [0.25, 0.3) is 0 Å². The molecule has 0 spiro atoms. The van der Waals surface area contributed by atoms with Crippen molar-refractivity contribution in [3.05, 3.63) is 0 Å². The Labute approximate surface area is 185 Å². The molecule has 0 fully saturated rings. The Bertz CT molecular complexity index is 322. The molecule has 0 rings (SSSR count). The third-order valence-electron chi connectivity index (χ3n) is 5.45. The zero-order valence-corrected chi connectivity index (χ0v) is 21.6. The van der Waals surface area contributed by atoms with Crippen LogP contribution < -0.4 is 0 Å². The molecule has 0 aliphatic rings. The largest absolute Gasteiger partial charge is 0.355 e. The van der Waals surface area contributed by atoms with Gasteiger partial charge in [0.15, 0.2) is 0 Å². The number of halogens is 1. The summed E-state index contributed by atoms with van der Waals surface area (Å²) in [5, 5.41) is 0. The van der Waals surface area contributed by atoms with E-state index in [1.165, 1.54) is 38.5 Å². The van der Waals surface area contributed by atoms with Crippen LogP contribution in [0.25, 0.3) is 0 Å². The van der Waals surface area contributed by atoms with E-state index in [0.29, 0.717) is 6.79 Å². The molecule has 0 aliphatic carbocycles. The monoisotopic (exact) mass is 496 g/mol. The van der Waals surface area contributed by atoms with Crippen LogP contribution in [0.3, 0.4) is 0 Å². The van der Waals surface area contributed by atoms with Gasteiger partial charge in [0.1, 0.15) is 6.79 Å². The van der Waals surface area contributed by atoms with E-state index in [4.69, 9.17) is 9.47 Å². The Kier molecular flexibility index (Phi) is 17.9. The number of rotatable bonds is 18. The van der Waals surface area contributed by atoms with Gasteiger partial charge >= 0.3 is 0 Å². The molecule has 27 heavy (non-hydrogen) atoms. The molecule has 0 aliphatic heterocycles. The maximum absolute atomic E-state index is 5.53. The topological polar surface area (TPSA) is 18.5 Å². The van der Waals surface area contributed by atoms with Gasteiger partial charge in [-0.3, -0.25) is 0 Å². The van der Waals surface area contributed by atoms with Crippen molar-refractivity contribution in [2.75, 3.05) is 20.0 Å². The fourth-order valence-electron chi connectivity index (χ4n) is 4.66. The minimum atomic E-state index is 0.462. The normalized spacial score (nSPS) is 18.7. The molecule has 0 aromatic carbocycles. The second kappa shape index (κ2) is 17.5. The molecule has 0 N–H and O–H groups in total. The van der Waals surface area contributed by atoms with E-state index in [2.05, 4.69) is 71.1 Å². The van der Waals surface area contributed by atoms with Gasteiger partial charge in [-0.05, 0) is 81.0 Å². The van der Waals surface area contributed by atoms with Crippen LogP contribution >= 0.6 is 22.6 Å². The Morgan fingerprint density at radius 3 is 1.56 bits per heavy atom. The molecule has 0 bridgehead atoms. The van der Waals surface area contributed by atoms with Crippen molar-refractivity contribution in [2.45, 2.75) is 104 Å². The van der Waals surface area contributed by atoms with Gasteiger partial charge in [0.2, 0.25) is 0 Å². The molecule has 6 atom stereocenters. The molecule has 0 amide bonds. The van der Waals surface area contributed by atoms with Gasteiger partial charge < -0.3 is 9.47 Å². The molecule has 0 radical (unpaired) electrons. The molecular formula is C24H49IO2. The third-order valence-corrected chi connectivity index (χ3v) is 5.96. The van der Waals surface area contributed by atoms with Gasteiger partial charge in [-0.2, -0.15) is 0 Å². The quantitative estimate of drug-likeness (QED) is 0.0826. The Morgan fingerprint density at radius 2 is 1.07 bits per heavy atom. The molecule has 0 saturated carbocycles. The first-order valence-corrected chi connectivity index (χ1v) is 12.8. The summed E-state index contributed by atoms with van der Waals surface area (Å²) in [6, 6.07) is 0. The van der Waals surface area contributed by atoms with E-state index < -0.39 is 0 Å². The van der Waals surface area contributed by atoms with Crippen molar-refractivity contribution in [3.63, 3.8) is 0 Å². The van der Waals surface area contributed by atoms with Gasteiger partial charge in [0.05, 0.1) is 0 Å². The SMILES string of the molecule is CCCOCOCCCC(C)CC(C)CC(C)CC(C)CC(C)CC(C)I. The van der Waals surface area contributed by atoms with Crippen molar-refractivity contribution in [1.29, 1.82) is 0 Å². The van der Waals surface area contributed by atoms with E-state index in [1.54, 1.807) is 0 Å². The lowest BCUT2D eigenvalue weighted by Crippen LogP contribution is -2.13. The van der Waals surface area contributed by atoms with E-state index in [9.17, 15) is 0 Å². The van der Waals surface area contributed by atoms with Crippen molar-refractivity contribution in [3.8, 4) is 0 Å². The molecule has 0 aromatic heterocycles. The van der Waals surface area contributed by atoms with Crippen molar-refractivity contribution >= 4 is 22.6 Å². The van der Waals surface area contributed by atoms with Crippen LogP contribution in [-0.2, 0) is 9.47 Å². The first kappa shape index (κ1) is 27.6. The fraction of sp³-hybridized carbons (Fsp3) is 1.00. The van der Waals surface area contributed by atoms with Gasteiger partial charge in [-0.1, -0.05) is 71.1 Å². The van der Waals surface area contributed by atoms with Crippen molar-refractivity contribution < 1.29 is 9.47 Å². The highest BCUT2D eigenvalue weighted by molar-refractivity contribution is 14.1. The van der Waals surface area contributed by atoms with Crippen molar-refractivity contribution in [1.82, 2.24) is 0 Å². The highest BCUT2D eigenvalue weighted by Crippen LogP contribution is 2.29. The number of hydrogen-bond donors (Lipinski definition) is 0. The highest BCUT2D eigenvalue weighted by Gasteiger charge is 2.17. The molecule has 2 nitrogen and oxygen atoms in total. The summed E-state index contributed by atoms with van der Waals surface area (Å²) in [4.78, 5) is 0. The minimum absolute atomic E-state index is 0.462. The molecular weight excluding hydrogens is 447 g/mol. The molecule has 0 saturated heterocycles. The Hall–Kier alpha value is 0.650. The maximum atomic E-state index is 5.53. The lowest BCUT2D eigenvalue weighted by Gasteiger charge is -2.24. The van der Waals surface area contributed by atoms with E-state index in [1.807, 2.05) is 0 Å². The molecule has 164 valence electrons. The second-order valence-corrected chi connectivity index (χ2v) is 11.7. The Balaban J connectivity index is 3.80. The Morgan fingerprint density at radius 1 is 0.630 bits per heavy atom. The smallest absolute Gasteiger partial charge is 0.146 e. The summed E-state index contributed by atoms with van der Waals surface area (Å²) in [5.74, 6) is 4.22. The molecule has 0 aromatic rings. The number of ether oxygens (including phenoxy) is 2. The second-order valence-electron chi connectivity index (χ2n) is 9.56. The van der Waals surface area contributed by atoms with Gasteiger partial charge in [-0.25, -0.2) is 0 Å². The average Bonchev–Trinajstić information content (AvgIpc) is 2.52. The first-order chi connectivity index (χ1) is 12.7. The zero-order chi connectivity index (χ0) is 20.7. The van der Waals surface area contributed by atoms with Crippen LogP contribution in [-0.4, -0.2) is 23.9 Å². The van der Waals surface area contributed by atoms with Crippen LogP contribution in [0.1, 0.15) is 99.8 Å². The van der Waals surface area contributed by atoms with Crippen molar-refractivity contribution in [2.24, 2.45) is 29.6 Å². The average molecular weight is 497 g/mol. The molecule has 6 unspecified atom stereocenters. The van der Waals surface area contributed by atoms with Crippen LogP contribution in [0.2, 0.25) is 0 Å². The van der Waals surface area contributed by atoms with Crippen LogP contribution in [0, 0.1) is 29.6 Å². The van der Waals surface area contributed by atoms with E-state index in [-0.39, 0.29) is 0 Å². The third kappa shape index (κ3) is 18.4. The molecule has 3 heteroatoms. The maximum Gasteiger partial charge on any atom is 0.146 e. The summed E-state index contributed by atoms with van der Waals surface area (Å²) in [5.41, 5.74) is 0. The number of hydrogen-bond acceptors (Lipinski definition) is 2. The van der Waals surface area contributed by atoms with Gasteiger partial charge in [0, 0.05) is 17.1 Å². The van der Waals surface area contributed by atoms with Crippen LogP contribution in [0.4, 0.5) is 0 Å². The van der Waals surface area contributed by atoms with Gasteiger partial charge in [-0.15, -0.1) is 0 Å². The summed E-state index contributed by atoms with van der Waals surface area (Å²) in [6.07, 6.45) is 10.4. The predicted molar refractivity (Wildman–Crippen MR) is 129 cm³/mol. The first-order valence-electron chi connectivity index (χ1n) is 11.5. The highest BCUT2D eigenvalue weighted by atomic mass is 127. The fourth-order valence-corrected chi connectivity index (χ4v) is 5.53. The summed E-state index contributed by atoms with van der Waals surface area (Å²) < 4.78 is 11.7. The van der Waals surface area contributed by atoms with E-state index >= 15 is 0 Å². The predicted octanol–water partition coefficient (Wildman–Crippen LogP) is 8.12. The minimum Gasteiger partial charge on any atom is -0.355 e.